The third-order valence-electron chi connectivity index (χ3n) is 4.79. The Labute approximate surface area is 174 Å². The van der Waals surface area contributed by atoms with Gasteiger partial charge in [-0.2, -0.15) is 4.98 Å². The van der Waals surface area contributed by atoms with Gasteiger partial charge in [0, 0.05) is 0 Å². The lowest BCUT2D eigenvalue weighted by molar-refractivity contribution is -0.343. The number of aliphatic hydroxyl groups is 3. The van der Waals surface area contributed by atoms with Crippen molar-refractivity contribution >= 4 is 18.9 Å². The number of hydrogen-bond donors (Lipinski definition) is 4. The van der Waals surface area contributed by atoms with Crippen LogP contribution in [0.3, 0.4) is 0 Å². The number of nitrogens with one attached hydrogen (secondary N) is 1. The molecule has 0 unspecified atom stereocenters. The molecule has 13 nitrogen and oxygen atoms in total. The number of aryl methyl sites for hydroxylation is 2. The summed E-state index contributed by atoms with van der Waals surface area (Å²) in [4.78, 5) is 55.1. The minimum absolute atomic E-state index is 0.162. The lowest BCUT2D eigenvalue weighted by Crippen LogP contribution is -2.43. The maximum Gasteiger partial charge on any atom is 0.349 e. The molecule has 2 heterocycles. The molecule has 0 aliphatic carbocycles. The second-order valence-electron chi connectivity index (χ2n) is 7.06. The average Bonchev–Trinajstić information content (AvgIpc) is 2.67. The highest BCUT2D eigenvalue weighted by Gasteiger charge is 2.28. The van der Waals surface area contributed by atoms with Gasteiger partial charge in [0.2, 0.25) is 0 Å². The van der Waals surface area contributed by atoms with Crippen LogP contribution < -0.4 is 21.0 Å². The summed E-state index contributed by atoms with van der Waals surface area (Å²) in [5.74, 6) is -0.162. The lowest BCUT2D eigenvalue weighted by Gasteiger charge is -2.31. The van der Waals surface area contributed by atoms with Crippen LogP contribution in [0, 0.1) is 13.8 Å². The number of nitrogens with zero attached hydrogens (tertiary/aromatic N) is 3. The highest BCUT2D eigenvalue weighted by molar-refractivity contribution is 7.43. The number of aromatic nitrogens is 4. The van der Waals surface area contributed by atoms with Gasteiger partial charge in [-0.3, -0.25) is 9.78 Å². The van der Waals surface area contributed by atoms with Crippen LogP contribution in [0.1, 0.15) is 11.1 Å². The smallest absolute Gasteiger partial charge is 0.349 e. The first kappa shape index (κ1) is 23.2. The molecule has 0 saturated heterocycles. The fraction of sp³-hybridized carbons (Fsp3) is 0.412. The molecular weight excluding hydrogens is 435 g/mol. The van der Waals surface area contributed by atoms with E-state index in [0.717, 1.165) is 11.1 Å². The summed E-state index contributed by atoms with van der Waals surface area (Å²) in [6.45, 7) is 2.11. The van der Waals surface area contributed by atoms with E-state index in [1.807, 2.05) is 18.8 Å². The monoisotopic (exact) mass is 454 g/mol. The number of rotatable bonds is 7. The number of fused-ring (bicyclic) bond motifs is 2. The van der Waals surface area contributed by atoms with Gasteiger partial charge in [0.05, 0.1) is 32.0 Å². The zero-order valence-corrected chi connectivity index (χ0v) is 17.3. The van der Waals surface area contributed by atoms with Crippen LogP contribution in [0.25, 0.3) is 22.6 Å². The molecule has 0 amide bonds. The molecule has 31 heavy (non-hydrogen) atoms. The van der Waals surface area contributed by atoms with Crippen molar-refractivity contribution in [3.8, 4) is 11.5 Å². The van der Waals surface area contributed by atoms with Crippen LogP contribution in [0.5, 0.6) is 0 Å². The molecule has 168 valence electrons. The Morgan fingerprint density at radius 3 is 2.42 bits per heavy atom. The summed E-state index contributed by atoms with van der Waals surface area (Å²) in [7, 11) is -5.39. The Hall–Kier alpha value is -2.51. The zero-order valence-electron chi connectivity index (χ0n) is 16.4. The number of hydrogen-bond acceptors (Lipinski definition) is 11. The molecule has 2 aliphatic rings. The highest BCUT2D eigenvalue weighted by Crippen LogP contribution is 2.26. The molecule has 4 N–H and O–H groups in total. The van der Waals surface area contributed by atoms with Gasteiger partial charge >= 0.3 is 5.69 Å². The molecule has 0 bridgehead atoms. The van der Waals surface area contributed by atoms with Gasteiger partial charge in [-0.25, -0.2) is 9.78 Å². The van der Waals surface area contributed by atoms with Crippen molar-refractivity contribution in [3.63, 3.8) is 0 Å². The maximum atomic E-state index is 12.2. The number of aliphatic hydroxyl groups excluding tert-OH is 3. The lowest BCUT2D eigenvalue weighted by atomic mass is 10.1. The Kier molecular flexibility index (Phi) is 6.39. The van der Waals surface area contributed by atoms with E-state index in [4.69, 9.17) is 0 Å². The molecule has 14 heteroatoms. The Bertz CT molecular complexity index is 1250. The van der Waals surface area contributed by atoms with Crippen LogP contribution in [-0.2, 0) is 15.6 Å². The summed E-state index contributed by atoms with van der Waals surface area (Å²) in [6, 6.07) is 3.38. The van der Waals surface area contributed by atoms with E-state index in [9.17, 15) is 39.3 Å². The maximum absolute atomic E-state index is 12.2. The van der Waals surface area contributed by atoms with Gasteiger partial charge in [0.25, 0.3) is 5.56 Å². The van der Waals surface area contributed by atoms with Crippen LogP contribution in [0.15, 0.2) is 21.7 Å². The number of aromatic amines is 1. The quantitative estimate of drug-likeness (QED) is 0.210. The molecule has 0 spiro atoms. The predicted octanol–water partition coefficient (Wildman–Crippen LogP) is -2.87. The Morgan fingerprint density at radius 1 is 1.13 bits per heavy atom. The summed E-state index contributed by atoms with van der Waals surface area (Å²) < 4.78 is 15.8. The van der Waals surface area contributed by atoms with Crippen molar-refractivity contribution in [1.82, 2.24) is 19.5 Å². The van der Waals surface area contributed by atoms with E-state index in [0.29, 0.717) is 11.0 Å². The molecule has 2 aliphatic heterocycles. The number of benzene rings is 1. The first-order valence-electron chi connectivity index (χ1n) is 9.00. The second-order valence-corrected chi connectivity index (χ2v) is 8.21. The van der Waals surface area contributed by atoms with E-state index in [1.54, 1.807) is 12.1 Å². The Morgan fingerprint density at radius 2 is 1.77 bits per heavy atom. The van der Waals surface area contributed by atoms with Crippen molar-refractivity contribution in [2.45, 2.75) is 38.7 Å². The van der Waals surface area contributed by atoms with Gasteiger partial charge in [-0.15, -0.1) is 0 Å². The van der Waals surface area contributed by atoms with Crippen molar-refractivity contribution < 1.29 is 34.2 Å². The predicted molar refractivity (Wildman–Crippen MR) is 102 cm³/mol. The van der Waals surface area contributed by atoms with E-state index in [-0.39, 0.29) is 11.5 Å². The van der Waals surface area contributed by atoms with E-state index in [1.165, 1.54) is 4.57 Å². The fourth-order valence-electron chi connectivity index (χ4n) is 3.05. The van der Waals surface area contributed by atoms with Crippen LogP contribution in [-0.4, -0.2) is 59.8 Å². The summed E-state index contributed by atoms with van der Waals surface area (Å²) >= 11 is 0. The Balaban J connectivity index is 2.06. The SMILES string of the molecule is Cc1cc2nc3c(=O)[nH]c(=O)nc-3n(C[C@@H](O)[C@H](O)[C@H](O)COP(=O)([O-])[O-])c2cc1C. The van der Waals surface area contributed by atoms with Crippen molar-refractivity contribution in [2.24, 2.45) is 0 Å². The third kappa shape index (κ3) is 5.05. The van der Waals surface area contributed by atoms with Gasteiger partial charge in [0.15, 0.2) is 11.5 Å². The number of phosphoric acid groups is 1. The summed E-state index contributed by atoms with van der Waals surface area (Å²) in [5.41, 5.74) is 0.512. The molecule has 0 saturated carbocycles. The van der Waals surface area contributed by atoms with Gasteiger partial charge in [-0.1, -0.05) is 0 Å². The average molecular weight is 454 g/mol. The second kappa shape index (κ2) is 8.55. The molecule has 1 aromatic rings. The van der Waals surface area contributed by atoms with E-state index in [2.05, 4.69) is 14.5 Å². The van der Waals surface area contributed by atoms with Crippen LogP contribution in [0.2, 0.25) is 0 Å². The summed E-state index contributed by atoms with van der Waals surface area (Å²) in [5, 5.41) is 30.4. The van der Waals surface area contributed by atoms with Crippen LogP contribution >= 0.6 is 7.82 Å². The topological polar surface area (TPSA) is 214 Å². The van der Waals surface area contributed by atoms with Gasteiger partial charge in [-0.05, 0) is 37.1 Å². The van der Waals surface area contributed by atoms with E-state index < -0.39 is 50.5 Å². The minimum atomic E-state index is -5.39. The fourth-order valence-corrected chi connectivity index (χ4v) is 3.39. The standard InChI is InChI=1S/C17H21N4O9P/c1-7-3-9-10(4-8(7)2)21(15-13(18-9)16(25)20-17(26)19-15)5-11(22)14(24)12(23)6-30-31(27,28)29/h3-4,11-12,14,22-24H,5-6H2,1-2H3,(H,20,25,26)(H2,27,28,29)/p-2/t11-,12-,14+/m1/s1. The highest BCUT2D eigenvalue weighted by atomic mass is 31.2. The van der Waals surface area contributed by atoms with Gasteiger partial charge in [0.1, 0.15) is 18.3 Å². The minimum Gasteiger partial charge on any atom is -0.790 e. The molecule has 0 aromatic heterocycles. The number of phosphoric ester groups is 1. The van der Waals surface area contributed by atoms with E-state index >= 15 is 0 Å². The van der Waals surface area contributed by atoms with Gasteiger partial charge < -0.3 is 38.8 Å². The zero-order chi connectivity index (χ0) is 23.1. The first-order valence-corrected chi connectivity index (χ1v) is 10.5. The molecule has 3 rings (SSSR count). The molecular formula is C17H19N4O9P-2. The molecule has 0 fully saturated rings. The van der Waals surface area contributed by atoms with Crippen molar-refractivity contribution in [3.05, 3.63) is 44.1 Å². The first-order chi connectivity index (χ1) is 14.4. The van der Waals surface area contributed by atoms with Crippen LogP contribution in [0.4, 0.5) is 0 Å². The molecule has 0 radical (unpaired) electrons. The third-order valence-corrected chi connectivity index (χ3v) is 5.25. The molecule has 3 atom stereocenters. The largest absolute Gasteiger partial charge is 0.790 e. The molecule has 1 aromatic carbocycles. The number of H-pyrrole nitrogens is 1. The van der Waals surface area contributed by atoms with Crippen molar-refractivity contribution in [2.75, 3.05) is 6.61 Å². The normalized spacial score (nSPS) is 15.3. The summed E-state index contributed by atoms with van der Waals surface area (Å²) in [6.07, 6.45) is -5.58. The van der Waals surface area contributed by atoms with Crippen molar-refractivity contribution in [1.29, 1.82) is 0 Å².